The molecule has 3 aromatic rings. The second-order valence-corrected chi connectivity index (χ2v) is 6.82. The SMILES string of the molecule is COCCn1c(C)cc(-c2csc(Nc3ccc(C(=O)[O-])cc3)n2)c1C. The monoisotopic (exact) mass is 370 g/mol. The third-order valence-electron chi connectivity index (χ3n) is 4.24. The summed E-state index contributed by atoms with van der Waals surface area (Å²) in [5.74, 6) is -1.18. The summed E-state index contributed by atoms with van der Waals surface area (Å²) in [6.07, 6.45) is 0. The van der Waals surface area contributed by atoms with Gasteiger partial charge in [-0.3, -0.25) is 0 Å². The lowest BCUT2D eigenvalue weighted by molar-refractivity contribution is -0.255. The van der Waals surface area contributed by atoms with Gasteiger partial charge in [0.15, 0.2) is 5.13 Å². The molecule has 0 aliphatic heterocycles. The third kappa shape index (κ3) is 3.79. The molecular weight excluding hydrogens is 350 g/mol. The molecular formula is C19H20N3O3S-. The lowest BCUT2D eigenvalue weighted by Crippen LogP contribution is -2.21. The Bertz CT molecular complexity index is 913. The van der Waals surface area contributed by atoms with Crippen LogP contribution in [0.4, 0.5) is 10.8 Å². The van der Waals surface area contributed by atoms with E-state index < -0.39 is 5.97 Å². The van der Waals surface area contributed by atoms with Crippen LogP contribution < -0.4 is 10.4 Å². The zero-order valence-electron chi connectivity index (χ0n) is 14.9. The summed E-state index contributed by atoms with van der Waals surface area (Å²) in [6.45, 7) is 5.65. The van der Waals surface area contributed by atoms with Gasteiger partial charge in [0.1, 0.15) is 0 Å². The number of carbonyl (C=O) groups excluding carboxylic acids is 1. The number of aromatic nitrogens is 2. The molecule has 0 spiro atoms. The standard InChI is InChI=1S/C19H21N3O3S/c1-12-10-16(13(2)22(12)8-9-25-3)17-11-26-19(21-17)20-15-6-4-14(5-7-15)18(23)24/h4-7,10-11H,8-9H2,1-3H3,(H,20,21)(H,23,24)/p-1. The highest BCUT2D eigenvalue weighted by Gasteiger charge is 2.13. The number of carboxylic acids is 1. The summed E-state index contributed by atoms with van der Waals surface area (Å²) in [4.78, 5) is 15.5. The number of carbonyl (C=O) groups is 1. The van der Waals surface area contributed by atoms with Gasteiger partial charge in [-0.25, -0.2) is 4.98 Å². The maximum Gasteiger partial charge on any atom is 0.187 e. The van der Waals surface area contributed by atoms with Crippen LogP contribution in [0.25, 0.3) is 11.3 Å². The van der Waals surface area contributed by atoms with E-state index in [0.29, 0.717) is 6.61 Å². The van der Waals surface area contributed by atoms with E-state index in [4.69, 9.17) is 4.74 Å². The molecule has 2 aromatic heterocycles. The molecule has 1 N–H and O–H groups in total. The van der Waals surface area contributed by atoms with Gasteiger partial charge in [-0.2, -0.15) is 0 Å². The van der Waals surface area contributed by atoms with Crippen molar-refractivity contribution in [3.8, 4) is 11.3 Å². The minimum Gasteiger partial charge on any atom is -0.545 e. The predicted molar refractivity (Wildman–Crippen MR) is 101 cm³/mol. The molecule has 0 atom stereocenters. The lowest BCUT2D eigenvalue weighted by atomic mass is 10.2. The third-order valence-corrected chi connectivity index (χ3v) is 5.00. The van der Waals surface area contributed by atoms with Gasteiger partial charge in [0.25, 0.3) is 0 Å². The van der Waals surface area contributed by atoms with Crippen molar-refractivity contribution in [2.24, 2.45) is 0 Å². The van der Waals surface area contributed by atoms with Crippen LogP contribution >= 0.6 is 11.3 Å². The molecule has 0 fully saturated rings. The van der Waals surface area contributed by atoms with Gasteiger partial charge in [-0.1, -0.05) is 12.1 Å². The molecule has 6 nitrogen and oxygen atoms in total. The van der Waals surface area contributed by atoms with Crippen molar-refractivity contribution in [2.75, 3.05) is 19.0 Å². The Morgan fingerprint density at radius 1 is 1.31 bits per heavy atom. The fourth-order valence-electron chi connectivity index (χ4n) is 2.86. The van der Waals surface area contributed by atoms with Crippen molar-refractivity contribution in [3.63, 3.8) is 0 Å². The minimum atomic E-state index is -1.18. The van der Waals surface area contributed by atoms with Crippen molar-refractivity contribution in [3.05, 3.63) is 52.7 Å². The van der Waals surface area contributed by atoms with Crippen LogP contribution in [-0.4, -0.2) is 29.2 Å². The van der Waals surface area contributed by atoms with Gasteiger partial charge in [-0.15, -0.1) is 11.3 Å². The van der Waals surface area contributed by atoms with Gasteiger partial charge < -0.3 is 24.5 Å². The number of hydrogen-bond donors (Lipinski definition) is 1. The molecule has 0 amide bonds. The van der Waals surface area contributed by atoms with Crippen LogP contribution in [0.1, 0.15) is 21.7 Å². The Kier molecular flexibility index (Phi) is 5.39. The molecule has 0 radical (unpaired) electrons. The van der Waals surface area contributed by atoms with E-state index in [2.05, 4.69) is 34.8 Å². The number of rotatable bonds is 7. The summed E-state index contributed by atoms with van der Waals surface area (Å²) >= 11 is 1.51. The Balaban J connectivity index is 1.78. The number of carboxylic acid groups (broad SMARTS) is 1. The molecule has 0 aliphatic carbocycles. The van der Waals surface area contributed by atoms with E-state index in [1.807, 2.05) is 5.38 Å². The highest BCUT2D eigenvalue weighted by atomic mass is 32.1. The first-order chi connectivity index (χ1) is 12.5. The lowest BCUT2D eigenvalue weighted by Gasteiger charge is -2.08. The van der Waals surface area contributed by atoms with E-state index in [1.54, 1.807) is 19.2 Å². The number of anilines is 2. The summed E-state index contributed by atoms with van der Waals surface area (Å²) in [6, 6.07) is 8.55. The highest BCUT2D eigenvalue weighted by molar-refractivity contribution is 7.14. The molecule has 1 aromatic carbocycles. The molecule has 3 rings (SSSR count). The van der Waals surface area contributed by atoms with Crippen LogP contribution in [-0.2, 0) is 11.3 Å². The van der Waals surface area contributed by atoms with Gasteiger partial charge in [0.2, 0.25) is 0 Å². The van der Waals surface area contributed by atoms with Crippen molar-refractivity contribution in [1.82, 2.24) is 9.55 Å². The van der Waals surface area contributed by atoms with E-state index in [1.165, 1.54) is 29.2 Å². The summed E-state index contributed by atoms with van der Waals surface area (Å²) in [7, 11) is 1.70. The van der Waals surface area contributed by atoms with Crippen LogP contribution in [0.15, 0.2) is 35.7 Å². The fourth-order valence-corrected chi connectivity index (χ4v) is 3.59. The number of ether oxygens (including phenoxy) is 1. The predicted octanol–water partition coefficient (Wildman–Crippen LogP) is 2.98. The normalized spacial score (nSPS) is 10.9. The molecule has 136 valence electrons. The van der Waals surface area contributed by atoms with Crippen molar-refractivity contribution in [1.29, 1.82) is 0 Å². The van der Waals surface area contributed by atoms with Gasteiger partial charge in [0, 0.05) is 41.7 Å². The van der Waals surface area contributed by atoms with Crippen LogP contribution in [0.5, 0.6) is 0 Å². The number of hydrogen-bond acceptors (Lipinski definition) is 6. The minimum absolute atomic E-state index is 0.152. The first-order valence-corrected chi connectivity index (χ1v) is 9.07. The van der Waals surface area contributed by atoms with Gasteiger partial charge in [0.05, 0.1) is 18.3 Å². The van der Waals surface area contributed by atoms with Gasteiger partial charge >= 0.3 is 0 Å². The summed E-state index contributed by atoms with van der Waals surface area (Å²) < 4.78 is 7.41. The smallest absolute Gasteiger partial charge is 0.187 e. The molecule has 0 saturated carbocycles. The topological polar surface area (TPSA) is 79.2 Å². The zero-order valence-corrected chi connectivity index (χ0v) is 15.7. The van der Waals surface area contributed by atoms with Crippen molar-refractivity contribution < 1.29 is 14.6 Å². The number of nitrogens with zero attached hydrogens (tertiary/aromatic N) is 2. The molecule has 7 heteroatoms. The Morgan fingerprint density at radius 2 is 2.04 bits per heavy atom. The van der Waals surface area contributed by atoms with E-state index in [0.717, 1.165) is 34.3 Å². The summed E-state index contributed by atoms with van der Waals surface area (Å²) in [5, 5.41) is 16.8. The average molecular weight is 370 g/mol. The number of aryl methyl sites for hydroxylation is 1. The Labute approximate surface area is 156 Å². The zero-order chi connectivity index (χ0) is 18.7. The van der Waals surface area contributed by atoms with Crippen LogP contribution in [0, 0.1) is 13.8 Å². The largest absolute Gasteiger partial charge is 0.545 e. The number of benzene rings is 1. The Morgan fingerprint density at radius 3 is 2.69 bits per heavy atom. The molecule has 26 heavy (non-hydrogen) atoms. The second kappa shape index (κ2) is 7.72. The first kappa shape index (κ1) is 18.2. The van der Waals surface area contributed by atoms with Gasteiger partial charge in [-0.05, 0) is 37.6 Å². The van der Waals surface area contributed by atoms with Crippen LogP contribution in [0.3, 0.4) is 0 Å². The molecule has 2 heterocycles. The quantitative estimate of drug-likeness (QED) is 0.692. The highest BCUT2D eigenvalue weighted by Crippen LogP contribution is 2.31. The second-order valence-electron chi connectivity index (χ2n) is 5.96. The molecule has 0 unspecified atom stereocenters. The number of methoxy groups -OCH3 is 1. The van der Waals surface area contributed by atoms with Crippen LogP contribution in [0.2, 0.25) is 0 Å². The first-order valence-electron chi connectivity index (χ1n) is 8.19. The number of aromatic carboxylic acids is 1. The fraction of sp³-hybridized carbons (Fsp3) is 0.263. The van der Waals surface area contributed by atoms with Crippen molar-refractivity contribution >= 4 is 28.1 Å². The molecule has 0 saturated heterocycles. The van der Waals surface area contributed by atoms with E-state index in [-0.39, 0.29) is 5.56 Å². The van der Waals surface area contributed by atoms with E-state index in [9.17, 15) is 9.90 Å². The maximum absolute atomic E-state index is 10.8. The number of nitrogens with one attached hydrogen (secondary N) is 1. The summed E-state index contributed by atoms with van der Waals surface area (Å²) in [5.41, 5.74) is 5.29. The number of thiazole rings is 1. The van der Waals surface area contributed by atoms with Crippen molar-refractivity contribution in [2.45, 2.75) is 20.4 Å². The average Bonchev–Trinajstić information content (AvgIpc) is 3.18. The Hall–Kier alpha value is -2.64. The van der Waals surface area contributed by atoms with E-state index >= 15 is 0 Å². The molecule has 0 aliphatic rings. The maximum atomic E-state index is 10.8. The molecule has 0 bridgehead atoms.